The van der Waals surface area contributed by atoms with Crippen LogP contribution in [0.3, 0.4) is 0 Å². The maximum atomic E-state index is 14.4. The molecule has 1 aliphatic carbocycles. The van der Waals surface area contributed by atoms with E-state index in [1.54, 1.807) is 37.8 Å². The molecule has 3 atom stereocenters. The zero-order valence-corrected chi connectivity index (χ0v) is 23.7. The Bertz CT molecular complexity index is 1180. The van der Waals surface area contributed by atoms with Crippen molar-refractivity contribution >= 4 is 17.9 Å². The van der Waals surface area contributed by atoms with Crippen molar-refractivity contribution in [3.05, 3.63) is 71.3 Å². The molecular weight excluding hydrogens is 490 g/mol. The molecule has 3 rings (SSSR count). The van der Waals surface area contributed by atoms with Crippen molar-refractivity contribution in [3.8, 4) is 12.3 Å². The van der Waals surface area contributed by atoms with Crippen LogP contribution in [0.5, 0.6) is 0 Å². The van der Waals surface area contributed by atoms with E-state index < -0.39 is 23.8 Å². The van der Waals surface area contributed by atoms with E-state index in [-0.39, 0.29) is 30.3 Å². The van der Waals surface area contributed by atoms with Gasteiger partial charge in [0.15, 0.2) is 0 Å². The van der Waals surface area contributed by atoms with Crippen LogP contribution in [0, 0.1) is 12.3 Å². The Morgan fingerprint density at radius 2 is 1.69 bits per heavy atom. The lowest BCUT2D eigenvalue weighted by Crippen LogP contribution is -2.55. The predicted molar refractivity (Wildman–Crippen MR) is 153 cm³/mol. The van der Waals surface area contributed by atoms with Crippen molar-refractivity contribution in [2.24, 2.45) is 0 Å². The van der Waals surface area contributed by atoms with Crippen molar-refractivity contribution < 1.29 is 19.1 Å². The van der Waals surface area contributed by atoms with Crippen LogP contribution in [0.15, 0.2) is 54.6 Å². The third kappa shape index (κ3) is 8.61. The normalized spacial score (nSPS) is 15.3. The fourth-order valence-corrected chi connectivity index (χ4v) is 4.66. The summed E-state index contributed by atoms with van der Waals surface area (Å²) in [7, 11) is 0. The van der Waals surface area contributed by atoms with Gasteiger partial charge in [-0.3, -0.25) is 9.59 Å². The van der Waals surface area contributed by atoms with Crippen LogP contribution >= 0.6 is 0 Å². The zero-order chi connectivity index (χ0) is 28.6. The van der Waals surface area contributed by atoms with Crippen LogP contribution in [0.25, 0.3) is 0 Å². The number of hydrogen-bond acceptors (Lipinski definition) is 4. The minimum Gasteiger partial charge on any atom is -0.444 e. The molecule has 1 aliphatic rings. The van der Waals surface area contributed by atoms with E-state index in [9.17, 15) is 14.4 Å². The van der Waals surface area contributed by atoms with E-state index in [4.69, 9.17) is 11.2 Å². The van der Waals surface area contributed by atoms with Gasteiger partial charge in [-0.05, 0) is 64.2 Å². The number of alkyl carbamates (subject to hydrolysis) is 1. The average molecular weight is 532 g/mol. The van der Waals surface area contributed by atoms with E-state index in [1.807, 2.05) is 49.4 Å². The van der Waals surface area contributed by atoms with E-state index in [0.717, 1.165) is 31.2 Å². The zero-order valence-electron chi connectivity index (χ0n) is 23.7. The summed E-state index contributed by atoms with van der Waals surface area (Å²) in [4.78, 5) is 42.8. The van der Waals surface area contributed by atoms with Gasteiger partial charge in [0.2, 0.25) is 11.8 Å². The molecule has 0 aliphatic heterocycles. The molecule has 1 saturated carbocycles. The molecule has 0 bridgehead atoms. The predicted octanol–water partition coefficient (Wildman–Crippen LogP) is 5.14. The van der Waals surface area contributed by atoms with Crippen LogP contribution in [0.4, 0.5) is 4.79 Å². The fourth-order valence-electron chi connectivity index (χ4n) is 4.66. The van der Waals surface area contributed by atoms with Gasteiger partial charge in [0.1, 0.15) is 17.7 Å². The van der Waals surface area contributed by atoms with Crippen molar-refractivity contribution in [3.63, 3.8) is 0 Å². The summed E-state index contributed by atoms with van der Waals surface area (Å²) < 4.78 is 5.49. The van der Waals surface area contributed by atoms with Gasteiger partial charge in [0.25, 0.3) is 0 Å². The second-order valence-corrected chi connectivity index (χ2v) is 11.2. The molecule has 0 spiro atoms. The topological polar surface area (TPSA) is 87.7 Å². The molecule has 3 amide bonds. The van der Waals surface area contributed by atoms with Crippen molar-refractivity contribution in [1.82, 2.24) is 15.5 Å². The van der Waals surface area contributed by atoms with Crippen LogP contribution in [-0.4, -0.2) is 46.5 Å². The maximum absolute atomic E-state index is 14.4. The first-order chi connectivity index (χ1) is 18.5. The van der Waals surface area contributed by atoms with E-state index in [0.29, 0.717) is 11.1 Å². The van der Waals surface area contributed by atoms with Crippen LogP contribution in [0.1, 0.15) is 83.0 Å². The molecule has 0 aromatic heterocycles. The molecular formula is C32H41N3O4. The van der Waals surface area contributed by atoms with Crippen molar-refractivity contribution in [1.29, 1.82) is 0 Å². The lowest BCUT2D eigenvalue weighted by atomic mass is 9.96. The Hall–Kier alpha value is -3.79. The molecule has 0 radical (unpaired) electrons. The Balaban J connectivity index is 2.04. The maximum Gasteiger partial charge on any atom is 0.408 e. The van der Waals surface area contributed by atoms with Crippen LogP contribution < -0.4 is 10.6 Å². The smallest absolute Gasteiger partial charge is 0.408 e. The number of amides is 3. The highest BCUT2D eigenvalue weighted by molar-refractivity contribution is 5.93. The fraction of sp³-hybridized carbons (Fsp3) is 0.469. The summed E-state index contributed by atoms with van der Waals surface area (Å²) in [5.41, 5.74) is 1.30. The highest BCUT2D eigenvalue weighted by Gasteiger charge is 2.44. The van der Waals surface area contributed by atoms with Gasteiger partial charge in [0.05, 0.1) is 0 Å². The lowest BCUT2D eigenvalue weighted by molar-refractivity contribution is -0.143. The number of nitrogens with zero attached hydrogens (tertiary/aromatic N) is 1. The lowest BCUT2D eigenvalue weighted by Gasteiger charge is -2.35. The molecule has 0 heterocycles. The van der Waals surface area contributed by atoms with E-state index in [1.165, 1.54) is 0 Å². The monoisotopic (exact) mass is 531 g/mol. The minimum absolute atomic E-state index is 0.0702. The molecule has 2 aromatic carbocycles. The summed E-state index contributed by atoms with van der Waals surface area (Å²) >= 11 is 0. The van der Waals surface area contributed by atoms with Crippen molar-refractivity contribution in [2.45, 2.75) is 96.5 Å². The van der Waals surface area contributed by atoms with Gasteiger partial charge in [-0.2, -0.15) is 0 Å². The first-order valence-corrected chi connectivity index (χ1v) is 13.8. The number of rotatable bonds is 11. The number of carbonyl (C=O) groups excluding carboxylic acids is 3. The third-order valence-corrected chi connectivity index (χ3v) is 6.51. The second kappa shape index (κ2) is 13.3. The first-order valence-electron chi connectivity index (χ1n) is 13.8. The second-order valence-electron chi connectivity index (χ2n) is 11.2. The minimum atomic E-state index is -0.941. The van der Waals surface area contributed by atoms with E-state index >= 15 is 0 Å². The first kappa shape index (κ1) is 29.8. The van der Waals surface area contributed by atoms with Gasteiger partial charge in [-0.15, -0.1) is 6.42 Å². The number of benzene rings is 2. The molecule has 208 valence electrons. The summed E-state index contributed by atoms with van der Waals surface area (Å²) in [6, 6.07) is 14.6. The Morgan fingerprint density at radius 3 is 2.28 bits per heavy atom. The Labute approximate surface area is 232 Å². The molecule has 39 heavy (non-hydrogen) atoms. The van der Waals surface area contributed by atoms with Crippen LogP contribution in [0.2, 0.25) is 0 Å². The summed E-state index contributed by atoms with van der Waals surface area (Å²) in [5.74, 6) is 2.05. The summed E-state index contributed by atoms with van der Waals surface area (Å²) in [6.45, 7) is 9.32. The third-order valence-electron chi connectivity index (χ3n) is 6.51. The number of terminal acetylenes is 1. The molecule has 0 saturated heterocycles. The Morgan fingerprint density at radius 1 is 1.05 bits per heavy atom. The molecule has 2 aromatic rings. The molecule has 7 heteroatoms. The summed E-state index contributed by atoms with van der Waals surface area (Å²) in [6.07, 6.45) is 8.65. The average Bonchev–Trinajstić information content (AvgIpc) is 3.71. The van der Waals surface area contributed by atoms with Crippen LogP contribution in [-0.2, 0) is 20.7 Å². The van der Waals surface area contributed by atoms with Crippen molar-refractivity contribution in [2.75, 3.05) is 0 Å². The Kier molecular flexibility index (Phi) is 10.2. The number of carbonyl (C=O) groups is 3. The largest absolute Gasteiger partial charge is 0.444 e. The number of ether oxygens (including phenoxy) is 1. The van der Waals surface area contributed by atoms with Gasteiger partial charge < -0.3 is 20.3 Å². The summed E-state index contributed by atoms with van der Waals surface area (Å²) in [5, 5.41) is 5.89. The van der Waals surface area contributed by atoms with Gasteiger partial charge in [0, 0.05) is 24.1 Å². The molecule has 1 fully saturated rings. The highest BCUT2D eigenvalue weighted by Crippen LogP contribution is 2.37. The SMILES string of the molecule is C#Cc1ccccc1C(C(=O)NC(C)CCC)N(C(=O)C(Cc1ccccc1)NC(=O)OC(C)(C)C)C1CC1. The number of nitrogens with one attached hydrogen (secondary N) is 2. The van der Waals surface area contributed by atoms with E-state index in [2.05, 4.69) is 23.5 Å². The van der Waals surface area contributed by atoms with Gasteiger partial charge >= 0.3 is 6.09 Å². The molecule has 7 nitrogen and oxygen atoms in total. The molecule has 2 N–H and O–H groups in total. The van der Waals surface area contributed by atoms with Gasteiger partial charge in [-0.25, -0.2) is 4.79 Å². The quantitative estimate of drug-likeness (QED) is 0.393. The highest BCUT2D eigenvalue weighted by atomic mass is 16.6. The molecule has 3 unspecified atom stereocenters. The number of hydrogen-bond donors (Lipinski definition) is 2. The van der Waals surface area contributed by atoms with Gasteiger partial charge in [-0.1, -0.05) is 67.8 Å². The standard InChI is InChI=1S/C32H41N3O4/c1-7-14-22(3)33-29(36)28(26-18-13-12-17-24(26)8-2)35(25-19-20-25)30(37)27(21-23-15-10-9-11-16-23)34-31(38)39-32(4,5)6/h2,9-13,15-18,22,25,27-28H,7,14,19-21H2,1,3-6H3,(H,33,36)(H,34,38).